The molecule has 0 aliphatic carbocycles. The highest BCUT2D eigenvalue weighted by Crippen LogP contribution is 2.29. The van der Waals surface area contributed by atoms with E-state index in [4.69, 9.17) is 9.47 Å². The smallest absolute Gasteiger partial charge is 0.261 e. The second kappa shape index (κ2) is 9.71. The molecule has 0 bridgehead atoms. The van der Waals surface area contributed by atoms with Crippen molar-refractivity contribution >= 4 is 28.1 Å². The maximum absolute atomic E-state index is 12.8. The summed E-state index contributed by atoms with van der Waals surface area (Å²) in [4.78, 5) is 33.7. The fourth-order valence-electron chi connectivity index (χ4n) is 3.00. The number of carbonyl (C=O) groups is 1. The number of aryl methyl sites for hydroxylation is 1. The molecule has 0 atom stereocenters. The molecule has 0 saturated carbocycles. The van der Waals surface area contributed by atoms with E-state index < -0.39 is 0 Å². The average molecular weight is 431 g/mol. The molecule has 160 valence electrons. The molecular formula is C21H26N4O4S. The first kappa shape index (κ1) is 21.8. The fraction of sp³-hybridized carbons (Fsp3) is 0.429. The molecule has 0 fully saturated rings. The molecule has 0 saturated heterocycles. The van der Waals surface area contributed by atoms with E-state index in [0.29, 0.717) is 54.3 Å². The van der Waals surface area contributed by atoms with Gasteiger partial charge in [0.05, 0.1) is 48.7 Å². The molecule has 30 heavy (non-hydrogen) atoms. The third-order valence-corrected chi connectivity index (χ3v) is 5.86. The molecule has 2 aromatic heterocycles. The first-order chi connectivity index (χ1) is 14.4. The molecule has 1 amide bonds. The molecule has 2 heterocycles. The number of benzene rings is 1. The quantitative estimate of drug-likeness (QED) is 0.561. The van der Waals surface area contributed by atoms with Gasteiger partial charge in [-0.3, -0.25) is 14.2 Å². The summed E-state index contributed by atoms with van der Waals surface area (Å²) in [7, 11) is 3.06. The van der Waals surface area contributed by atoms with Crippen LogP contribution in [0.4, 0.5) is 0 Å². The minimum atomic E-state index is -0.176. The number of amides is 1. The van der Waals surface area contributed by atoms with Gasteiger partial charge in [0.15, 0.2) is 11.5 Å². The number of fused-ring (bicyclic) bond motifs is 1. The lowest BCUT2D eigenvalue weighted by Crippen LogP contribution is -2.25. The summed E-state index contributed by atoms with van der Waals surface area (Å²) >= 11 is 1.61. The molecule has 1 aromatic carbocycles. The molecular weight excluding hydrogens is 404 g/mol. The SMILES string of the molecule is COc1cc2ncn(CCCC(=O)NCc3csc(C(C)C)n3)c(=O)c2cc1OC. The molecule has 0 unspecified atom stereocenters. The summed E-state index contributed by atoms with van der Waals surface area (Å²) in [6.45, 7) is 5.01. The van der Waals surface area contributed by atoms with Gasteiger partial charge in [0.1, 0.15) is 0 Å². The lowest BCUT2D eigenvalue weighted by atomic mass is 10.2. The molecule has 1 N–H and O–H groups in total. The predicted octanol–water partition coefficient (Wildman–Crippen LogP) is 3.09. The molecule has 9 heteroatoms. The highest BCUT2D eigenvalue weighted by Gasteiger charge is 2.12. The molecule has 0 spiro atoms. The third-order valence-electron chi connectivity index (χ3n) is 4.66. The summed E-state index contributed by atoms with van der Waals surface area (Å²) in [5.74, 6) is 1.31. The Morgan fingerprint density at radius 2 is 1.97 bits per heavy atom. The monoisotopic (exact) mass is 430 g/mol. The molecule has 8 nitrogen and oxygen atoms in total. The van der Waals surface area contributed by atoms with Crippen molar-refractivity contribution < 1.29 is 14.3 Å². The number of hydrogen-bond acceptors (Lipinski definition) is 7. The van der Waals surface area contributed by atoms with E-state index in [-0.39, 0.29) is 11.5 Å². The summed E-state index contributed by atoms with van der Waals surface area (Å²) in [5, 5.41) is 6.37. The Labute approximate surface area is 178 Å². The third kappa shape index (κ3) is 4.96. The predicted molar refractivity (Wildman–Crippen MR) is 116 cm³/mol. The molecule has 3 aromatic rings. The van der Waals surface area contributed by atoms with Gasteiger partial charge in [-0.25, -0.2) is 9.97 Å². The topological polar surface area (TPSA) is 95.3 Å². The minimum Gasteiger partial charge on any atom is -0.493 e. The van der Waals surface area contributed by atoms with Crippen molar-refractivity contribution in [3.8, 4) is 11.5 Å². The summed E-state index contributed by atoms with van der Waals surface area (Å²) < 4.78 is 12.0. The van der Waals surface area contributed by atoms with Crippen LogP contribution in [-0.2, 0) is 17.9 Å². The molecule has 3 rings (SSSR count). The van der Waals surface area contributed by atoms with Gasteiger partial charge >= 0.3 is 0 Å². The number of rotatable bonds is 9. The van der Waals surface area contributed by atoms with Gasteiger partial charge in [-0.15, -0.1) is 11.3 Å². The highest BCUT2D eigenvalue weighted by atomic mass is 32.1. The van der Waals surface area contributed by atoms with Crippen molar-refractivity contribution in [3.63, 3.8) is 0 Å². The van der Waals surface area contributed by atoms with E-state index in [1.807, 2.05) is 5.38 Å². The minimum absolute atomic E-state index is 0.0673. The van der Waals surface area contributed by atoms with Crippen LogP contribution < -0.4 is 20.3 Å². The number of hydrogen-bond donors (Lipinski definition) is 1. The molecule has 0 aliphatic rings. The summed E-state index contributed by atoms with van der Waals surface area (Å²) in [5.41, 5.74) is 1.23. The van der Waals surface area contributed by atoms with Crippen LogP contribution in [0.5, 0.6) is 11.5 Å². The van der Waals surface area contributed by atoms with Crippen molar-refractivity contribution in [1.29, 1.82) is 0 Å². The Bertz CT molecular complexity index is 1090. The Balaban J connectivity index is 1.58. The maximum atomic E-state index is 12.8. The number of nitrogens with zero attached hydrogens (tertiary/aromatic N) is 3. The Kier molecular flexibility index (Phi) is 7.04. The summed E-state index contributed by atoms with van der Waals surface area (Å²) in [6.07, 6.45) is 2.34. The van der Waals surface area contributed by atoms with Crippen LogP contribution in [0.1, 0.15) is 43.3 Å². The Morgan fingerprint density at radius 1 is 1.23 bits per heavy atom. The number of thiazole rings is 1. The standard InChI is InChI=1S/C21H26N4O4S/c1-13(2)20-24-14(11-30-20)10-22-19(26)6-5-7-25-12-23-16-9-18(29-4)17(28-3)8-15(16)21(25)27/h8-9,11-13H,5-7,10H2,1-4H3,(H,22,26). The first-order valence-electron chi connectivity index (χ1n) is 9.75. The molecule has 0 aliphatic heterocycles. The van der Waals surface area contributed by atoms with Crippen LogP contribution in [0.2, 0.25) is 0 Å². The van der Waals surface area contributed by atoms with Crippen molar-refractivity contribution in [1.82, 2.24) is 19.9 Å². The number of carbonyl (C=O) groups excluding carboxylic acids is 1. The van der Waals surface area contributed by atoms with Crippen molar-refractivity contribution in [2.45, 2.75) is 45.7 Å². The van der Waals surface area contributed by atoms with Gasteiger partial charge in [-0.2, -0.15) is 0 Å². The fourth-order valence-corrected chi connectivity index (χ4v) is 3.84. The van der Waals surface area contributed by atoms with Crippen LogP contribution in [0.15, 0.2) is 28.6 Å². The largest absolute Gasteiger partial charge is 0.493 e. The van der Waals surface area contributed by atoms with Gasteiger partial charge in [0, 0.05) is 30.3 Å². The lowest BCUT2D eigenvalue weighted by molar-refractivity contribution is -0.121. The number of nitrogens with one attached hydrogen (secondary N) is 1. The van der Waals surface area contributed by atoms with Gasteiger partial charge in [0.2, 0.25) is 5.91 Å². The maximum Gasteiger partial charge on any atom is 0.261 e. The van der Waals surface area contributed by atoms with Crippen LogP contribution in [0, 0.1) is 0 Å². The van der Waals surface area contributed by atoms with Crippen LogP contribution in [0.3, 0.4) is 0 Å². The van der Waals surface area contributed by atoms with Gasteiger partial charge in [0.25, 0.3) is 5.56 Å². The first-order valence-corrected chi connectivity index (χ1v) is 10.6. The zero-order chi connectivity index (χ0) is 21.7. The zero-order valence-electron chi connectivity index (χ0n) is 17.6. The van der Waals surface area contributed by atoms with E-state index in [0.717, 1.165) is 10.7 Å². The highest BCUT2D eigenvalue weighted by molar-refractivity contribution is 7.09. The average Bonchev–Trinajstić information content (AvgIpc) is 3.22. The van der Waals surface area contributed by atoms with Crippen LogP contribution >= 0.6 is 11.3 Å². The van der Waals surface area contributed by atoms with E-state index in [2.05, 4.69) is 29.1 Å². The van der Waals surface area contributed by atoms with E-state index in [1.165, 1.54) is 25.1 Å². The van der Waals surface area contributed by atoms with E-state index in [1.54, 1.807) is 23.5 Å². The Morgan fingerprint density at radius 3 is 2.63 bits per heavy atom. The van der Waals surface area contributed by atoms with Crippen molar-refractivity contribution in [2.24, 2.45) is 0 Å². The Hall–Kier alpha value is -2.94. The second-order valence-corrected chi connectivity index (χ2v) is 8.07. The van der Waals surface area contributed by atoms with Crippen LogP contribution in [-0.4, -0.2) is 34.7 Å². The number of methoxy groups -OCH3 is 2. The van der Waals surface area contributed by atoms with Gasteiger partial charge in [-0.1, -0.05) is 13.8 Å². The van der Waals surface area contributed by atoms with Crippen molar-refractivity contribution in [3.05, 3.63) is 44.9 Å². The van der Waals surface area contributed by atoms with Crippen molar-refractivity contribution in [2.75, 3.05) is 14.2 Å². The van der Waals surface area contributed by atoms with E-state index in [9.17, 15) is 9.59 Å². The zero-order valence-corrected chi connectivity index (χ0v) is 18.4. The van der Waals surface area contributed by atoms with E-state index >= 15 is 0 Å². The normalized spacial score (nSPS) is 11.1. The summed E-state index contributed by atoms with van der Waals surface area (Å²) in [6, 6.07) is 3.31. The second-order valence-electron chi connectivity index (χ2n) is 7.18. The van der Waals surface area contributed by atoms with Gasteiger partial charge in [-0.05, 0) is 12.5 Å². The molecule has 0 radical (unpaired) electrons. The lowest BCUT2D eigenvalue weighted by Gasteiger charge is -2.10. The van der Waals surface area contributed by atoms with Crippen LogP contribution in [0.25, 0.3) is 10.9 Å². The number of aromatic nitrogens is 3. The number of ether oxygens (including phenoxy) is 2. The van der Waals surface area contributed by atoms with Gasteiger partial charge < -0.3 is 14.8 Å².